The molecule has 1 aromatic rings. The Balaban J connectivity index is 2.63. The van der Waals surface area contributed by atoms with Gasteiger partial charge in [0.2, 0.25) is 0 Å². The first-order valence-electron chi connectivity index (χ1n) is 13.1. The fourth-order valence-corrected chi connectivity index (χ4v) is 3.80. The number of hydrogen-bond donors (Lipinski definition) is 5. The number of para-hydroxylation sites is 1. The zero-order valence-corrected chi connectivity index (χ0v) is 23.6. The van der Waals surface area contributed by atoms with Gasteiger partial charge in [-0.3, -0.25) is 10.2 Å². The van der Waals surface area contributed by atoms with Crippen LogP contribution in [0.2, 0.25) is 0 Å². The van der Waals surface area contributed by atoms with Gasteiger partial charge >= 0.3 is 0 Å². The van der Waals surface area contributed by atoms with Gasteiger partial charge in [0.05, 0.1) is 29.8 Å². The molecule has 1 saturated carbocycles. The van der Waals surface area contributed by atoms with Gasteiger partial charge < -0.3 is 26.2 Å². The van der Waals surface area contributed by atoms with Crippen molar-refractivity contribution in [1.82, 2.24) is 5.32 Å². The Kier molecular flexibility index (Phi) is 11.1. The lowest BCUT2D eigenvalue weighted by molar-refractivity contribution is -0.118. The highest BCUT2D eigenvalue weighted by Crippen LogP contribution is 2.40. The van der Waals surface area contributed by atoms with E-state index in [-0.39, 0.29) is 23.4 Å². The summed E-state index contributed by atoms with van der Waals surface area (Å²) in [6.07, 6.45) is 9.57. The number of carbonyl (C=O) groups is 1. The van der Waals surface area contributed by atoms with Crippen LogP contribution in [0, 0.1) is 11.3 Å². The molecule has 0 unspecified atom stereocenters. The van der Waals surface area contributed by atoms with Crippen LogP contribution < -0.4 is 21.1 Å². The second kappa shape index (κ2) is 13.8. The molecule has 8 heteroatoms. The molecule has 8 nitrogen and oxygen atoms in total. The molecule has 2 rings (SSSR count). The van der Waals surface area contributed by atoms with Crippen molar-refractivity contribution in [2.24, 2.45) is 16.6 Å². The molecule has 0 bridgehead atoms. The highest BCUT2D eigenvalue weighted by molar-refractivity contribution is 6.16. The van der Waals surface area contributed by atoms with E-state index < -0.39 is 5.60 Å². The van der Waals surface area contributed by atoms with Crippen LogP contribution in [-0.4, -0.2) is 42.3 Å². The molecule has 0 aromatic heterocycles. The molecule has 0 aliphatic heterocycles. The van der Waals surface area contributed by atoms with Gasteiger partial charge in [0.25, 0.3) is 5.91 Å². The number of nitrogens with two attached hydrogens (primary N) is 1. The average Bonchev–Trinajstić information content (AvgIpc) is 3.72. The van der Waals surface area contributed by atoms with Crippen molar-refractivity contribution in [3.8, 4) is 5.75 Å². The Morgan fingerprint density at radius 1 is 1.29 bits per heavy atom. The molecule has 0 radical (unpaired) electrons. The Morgan fingerprint density at radius 3 is 2.50 bits per heavy atom. The summed E-state index contributed by atoms with van der Waals surface area (Å²) in [7, 11) is 3.32. The zero-order valence-electron chi connectivity index (χ0n) is 23.6. The minimum absolute atomic E-state index is 0.0233. The number of aliphatic hydroxyl groups is 1. The first-order valence-corrected chi connectivity index (χ1v) is 13.1. The van der Waals surface area contributed by atoms with E-state index in [2.05, 4.69) is 35.2 Å². The third kappa shape index (κ3) is 8.18. The number of nitrogens with one attached hydrogen (secondary N) is 3. The maximum absolute atomic E-state index is 12.2. The zero-order chi connectivity index (χ0) is 28.5. The largest absolute Gasteiger partial charge is 0.494 e. The number of carbonyl (C=O) groups excluding carboxylic acids is 1. The summed E-state index contributed by atoms with van der Waals surface area (Å²) in [6, 6.07) is 5.62. The normalized spacial score (nSPS) is 15.2. The van der Waals surface area contributed by atoms with Crippen LogP contribution in [0.1, 0.15) is 65.4 Å². The lowest BCUT2D eigenvalue weighted by Crippen LogP contribution is -2.24. The van der Waals surface area contributed by atoms with Crippen LogP contribution in [0.25, 0.3) is 5.57 Å². The summed E-state index contributed by atoms with van der Waals surface area (Å²) in [5.74, 6) is 0.252. The maximum atomic E-state index is 12.2. The van der Waals surface area contributed by atoms with E-state index in [9.17, 15) is 9.90 Å². The summed E-state index contributed by atoms with van der Waals surface area (Å²) in [5, 5.41) is 25.9. The average molecular weight is 522 g/mol. The van der Waals surface area contributed by atoms with E-state index in [1.165, 1.54) is 6.08 Å². The Hall–Kier alpha value is -3.65. The molecule has 1 amide bonds. The second-order valence-electron chi connectivity index (χ2n) is 9.81. The third-order valence-corrected chi connectivity index (χ3v) is 6.15. The van der Waals surface area contributed by atoms with Gasteiger partial charge in [-0.05, 0) is 56.7 Å². The number of allylic oxidation sites excluding steroid dienone is 2. The smallest absolute Gasteiger partial charge is 0.250 e. The molecule has 1 aliphatic rings. The first-order chi connectivity index (χ1) is 18.0. The number of amidine groups is 1. The molecule has 0 saturated heterocycles. The number of anilines is 1. The van der Waals surface area contributed by atoms with Crippen molar-refractivity contribution in [2.45, 2.75) is 65.4 Å². The molecule has 1 fully saturated rings. The van der Waals surface area contributed by atoms with Gasteiger partial charge in [0, 0.05) is 24.6 Å². The van der Waals surface area contributed by atoms with E-state index in [0.717, 1.165) is 43.2 Å². The van der Waals surface area contributed by atoms with E-state index in [1.54, 1.807) is 28.0 Å². The number of amides is 1. The molecular formula is C30H43N5O3. The Labute approximate surface area is 227 Å². The van der Waals surface area contributed by atoms with Gasteiger partial charge in [-0.2, -0.15) is 4.99 Å². The molecule has 0 heterocycles. The predicted octanol–water partition coefficient (Wildman–Crippen LogP) is 5.33. The van der Waals surface area contributed by atoms with Crippen molar-refractivity contribution >= 4 is 28.7 Å². The fourth-order valence-electron chi connectivity index (χ4n) is 3.80. The van der Waals surface area contributed by atoms with Crippen LogP contribution in [0.15, 0.2) is 65.0 Å². The van der Waals surface area contributed by atoms with Crippen LogP contribution in [0.4, 0.5) is 5.69 Å². The maximum Gasteiger partial charge on any atom is 0.250 e. The molecule has 1 aliphatic carbocycles. The van der Waals surface area contributed by atoms with Gasteiger partial charge in [-0.15, -0.1) is 0 Å². The standard InChI is InChI=1S/C30H43N5O3/c1-8-10-13-21(19(3)30(4,5)37)22-14-11-15-24(28(22)38-7)34-25(27(32)23(33-6)12-9-2)18-26(31)35-29(36)20-16-17-20/h11-15,18,20,32-34,37H,3,8-10,16-17H2,1-2,4-7H3,(H2,31,35,36)/b21-13+,23-12+,25-18+,32-27?. The van der Waals surface area contributed by atoms with E-state index in [0.29, 0.717) is 28.4 Å². The summed E-state index contributed by atoms with van der Waals surface area (Å²) >= 11 is 0. The molecule has 6 N–H and O–H groups in total. The molecule has 206 valence electrons. The summed E-state index contributed by atoms with van der Waals surface area (Å²) in [6.45, 7) is 11.6. The second-order valence-corrected chi connectivity index (χ2v) is 9.81. The van der Waals surface area contributed by atoms with Gasteiger partial charge in [-0.1, -0.05) is 51.1 Å². The van der Waals surface area contributed by atoms with Crippen molar-refractivity contribution in [3.63, 3.8) is 0 Å². The van der Waals surface area contributed by atoms with Crippen molar-refractivity contribution < 1.29 is 14.6 Å². The molecule has 38 heavy (non-hydrogen) atoms. The number of ether oxygens (including phenoxy) is 1. The number of benzene rings is 1. The van der Waals surface area contributed by atoms with Crippen molar-refractivity contribution in [1.29, 1.82) is 5.41 Å². The Bertz CT molecular complexity index is 1160. The predicted molar refractivity (Wildman–Crippen MR) is 158 cm³/mol. The highest BCUT2D eigenvalue weighted by atomic mass is 16.5. The van der Waals surface area contributed by atoms with Crippen LogP contribution in [0.5, 0.6) is 5.75 Å². The van der Waals surface area contributed by atoms with Gasteiger partial charge in [0.15, 0.2) is 0 Å². The Morgan fingerprint density at radius 2 is 1.97 bits per heavy atom. The van der Waals surface area contributed by atoms with Crippen LogP contribution in [-0.2, 0) is 4.79 Å². The lowest BCUT2D eigenvalue weighted by atomic mass is 9.87. The number of unbranched alkanes of at least 4 members (excludes halogenated alkanes) is 1. The SMILES string of the molecule is C=C(/C(=C\CCC)c1cccc(N/C(=C/C(N)=NC(=O)C2CC2)C(=N)/C(=C\CC)NC)c1OC)C(C)(C)O. The van der Waals surface area contributed by atoms with Crippen LogP contribution in [0.3, 0.4) is 0 Å². The molecule has 0 spiro atoms. The van der Waals surface area contributed by atoms with Crippen LogP contribution >= 0.6 is 0 Å². The number of rotatable bonds is 14. The van der Waals surface area contributed by atoms with E-state index in [1.807, 2.05) is 31.2 Å². The monoisotopic (exact) mass is 521 g/mol. The molecule has 1 aromatic carbocycles. The first kappa shape index (κ1) is 30.6. The fraction of sp³-hybridized carbons (Fsp3) is 0.433. The van der Waals surface area contributed by atoms with Crippen molar-refractivity contribution in [2.75, 3.05) is 19.5 Å². The van der Waals surface area contributed by atoms with E-state index in [4.69, 9.17) is 15.9 Å². The number of aliphatic imine (C=N–C) groups is 1. The number of hydrogen-bond acceptors (Lipinski definition) is 6. The minimum Gasteiger partial charge on any atom is -0.494 e. The van der Waals surface area contributed by atoms with E-state index >= 15 is 0 Å². The summed E-state index contributed by atoms with van der Waals surface area (Å²) < 4.78 is 5.85. The highest BCUT2D eigenvalue weighted by Gasteiger charge is 2.29. The summed E-state index contributed by atoms with van der Waals surface area (Å²) in [5.41, 5.74) is 8.81. The third-order valence-electron chi connectivity index (χ3n) is 6.15. The topological polar surface area (TPSA) is 133 Å². The molecular weight excluding hydrogens is 478 g/mol. The molecule has 0 atom stereocenters. The van der Waals surface area contributed by atoms with Gasteiger partial charge in [-0.25, -0.2) is 0 Å². The lowest BCUT2D eigenvalue weighted by Gasteiger charge is -2.26. The van der Waals surface area contributed by atoms with Gasteiger partial charge in [0.1, 0.15) is 17.3 Å². The summed E-state index contributed by atoms with van der Waals surface area (Å²) in [4.78, 5) is 16.2. The minimum atomic E-state index is -1.13. The number of nitrogens with zero attached hydrogens (tertiary/aromatic N) is 1. The quantitative estimate of drug-likeness (QED) is 0.128. The number of methoxy groups -OCH3 is 1. The van der Waals surface area contributed by atoms with Crippen molar-refractivity contribution in [3.05, 3.63) is 65.5 Å².